The molecule has 0 aliphatic carbocycles. The van der Waals surface area contributed by atoms with E-state index in [1.807, 2.05) is 18.2 Å². The van der Waals surface area contributed by atoms with Crippen molar-refractivity contribution in [3.63, 3.8) is 0 Å². The van der Waals surface area contributed by atoms with Gasteiger partial charge in [-0.1, -0.05) is 78.9 Å². The van der Waals surface area contributed by atoms with Crippen molar-refractivity contribution < 1.29 is 0 Å². The van der Waals surface area contributed by atoms with E-state index in [-0.39, 0.29) is 0 Å². The number of aromatic nitrogens is 5. The molecule has 0 radical (unpaired) electrons. The molecule has 0 spiro atoms. The Hall–Kier alpha value is -4.98. The second kappa shape index (κ2) is 8.76. The molecule has 0 unspecified atom stereocenters. The van der Waals surface area contributed by atoms with E-state index in [4.69, 9.17) is 19.9 Å². The third-order valence-corrected chi connectivity index (χ3v) is 9.69. The summed E-state index contributed by atoms with van der Waals surface area (Å²) in [6.45, 7) is 0. The summed E-state index contributed by atoms with van der Waals surface area (Å²) >= 11 is 3.39. The molecule has 41 heavy (non-hydrogen) atoms. The van der Waals surface area contributed by atoms with Crippen LogP contribution >= 0.6 is 22.7 Å². The summed E-state index contributed by atoms with van der Waals surface area (Å²) < 4.78 is 5.74. The first-order chi connectivity index (χ1) is 20.3. The second-order valence-electron chi connectivity index (χ2n) is 9.95. The summed E-state index contributed by atoms with van der Waals surface area (Å²) in [4.78, 5) is 20.1. The van der Waals surface area contributed by atoms with Gasteiger partial charge in [0, 0.05) is 36.5 Å². The molecule has 0 aliphatic heterocycles. The molecular weight excluding hydrogens is 543 g/mol. The van der Waals surface area contributed by atoms with Gasteiger partial charge in [0.15, 0.2) is 16.7 Å². The predicted molar refractivity (Wildman–Crippen MR) is 171 cm³/mol. The Morgan fingerprint density at radius 2 is 1.10 bits per heavy atom. The summed E-state index contributed by atoms with van der Waals surface area (Å²) in [6, 6.07) is 40.0. The fourth-order valence-electron chi connectivity index (χ4n) is 5.66. The van der Waals surface area contributed by atoms with Crippen LogP contribution in [0.25, 0.3) is 80.4 Å². The molecule has 192 valence electrons. The molecule has 4 aromatic heterocycles. The molecule has 5 aromatic carbocycles. The van der Waals surface area contributed by atoms with Gasteiger partial charge in [-0.25, -0.2) is 9.97 Å². The van der Waals surface area contributed by atoms with E-state index in [2.05, 4.69) is 102 Å². The molecule has 0 saturated carbocycles. The zero-order valence-corrected chi connectivity index (χ0v) is 23.2. The summed E-state index contributed by atoms with van der Waals surface area (Å²) in [5.74, 6) is 1.79. The maximum Gasteiger partial charge on any atom is 0.238 e. The van der Waals surface area contributed by atoms with Gasteiger partial charge in [-0.15, -0.1) is 22.7 Å². The van der Waals surface area contributed by atoms with Gasteiger partial charge in [-0.05, 0) is 36.4 Å². The molecule has 4 heterocycles. The molecule has 0 fully saturated rings. The number of rotatable bonds is 3. The summed E-state index contributed by atoms with van der Waals surface area (Å²) in [7, 11) is 0. The van der Waals surface area contributed by atoms with E-state index >= 15 is 0 Å². The Balaban J connectivity index is 1.33. The van der Waals surface area contributed by atoms with E-state index in [1.165, 1.54) is 30.9 Å². The van der Waals surface area contributed by atoms with E-state index in [0.29, 0.717) is 17.6 Å². The maximum atomic E-state index is 5.11. The largest absolute Gasteiger partial charge is 0.278 e. The molecule has 0 saturated heterocycles. The minimum absolute atomic E-state index is 0.574. The molecule has 9 aromatic rings. The molecule has 0 amide bonds. The lowest BCUT2D eigenvalue weighted by Crippen LogP contribution is -2.06. The quantitative estimate of drug-likeness (QED) is 0.216. The summed E-state index contributed by atoms with van der Waals surface area (Å²) in [5.41, 5.74) is 4.01. The normalized spacial score (nSPS) is 11.9. The third kappa shape index (κ3) is 3.53. The summed E-state index contributed by atoms with van der Waals surface area (Å²) in [5, 5.41) is 5.63. The van der Waals surface area contributed by atoms with Crippen LogP contribution in [0.1, 0.15) is 0 Å². The van der Waals surface area contributed by atoms with Crippen molar-refractivity contribution in [3.8, 4) is 28.2 Å². The van der Waals surface area contributed by atoms with Crippen molar-refractivity contribution in [3.05, 3.63) is 115 Å². The highest BCUT2D eigenvalue weighted by Gasteiger charge is 2.19. The zero-order chi connectivity index (χ0) is 26.9. The lowest BCUT2D eigenvalue weighted by Gasteiger charge is -2.10. The Morgan fingerprint density at radius 1 is 0.463 bits per heavy atom. The van der Waals surface area contributed by atoms with E-state index in [0.717, 1.165) is 31.8 Å². The van der Waals surface area contributed by atoms with Crippen molar-refractivity contribution in [2.45, 2.75) is 0 Å². The predicted octanol–water partition coefficient (Wildman–Crippen LogP) is 9.28. The van der Waals surface area contributed by atoms with Gasteiger partial charge in [-0.2, -0.15) is 9.97 Å². The second-order valence-corrected chi connectivity index (χ2v) is 12.1. The van der Waals surface area contributed by atoms with Crippen molar-refractivity contribution in [2.24, 2.45) is 0 Å². The monoisotopic (exact) mass is 561 g/mol. The van der Waals surface area contributed by atoms with Gasteiger partial charge in [0.05, 0.1) is 21.3 Å². The van der Waals surface area contributed by atoms with Crippen molar-refractivity contribution >= 4 is 74.9 Å². The van der Waals surface area contributed by atoms with Crippen LogP contribution in [0.3, 0.4) is 0 Å². The molecule has 9 rings (SSSR count). The lowest BCUT2D eigenvalue weighted by molar-refractivity contribution is 0.952. The number of hydrogen-bond acceptors (Lipinski definition) is 6. The first kappa shape index (κ1) is 22.8. The van der Waals surface area contributed by atoms with Crippen LogP contribution in [0, 0.1) is 0 Å². The minimum atomic E-state index is 0.574. The Kier molecular flexibility index (Phi) is 4.87. The first-order valence-corrected chi connectivity index (χ1v) is 15.0. The number of benzene rings is 5. The van der Waals surface area contributed by atoms with Crippen LogP contribution in [0.15, 0.2) is 115 Å². The molecule has 0 bridgehead atoms. The fraction of sp³-hybridized carbons (Fsp3) is 0. The van der Waals surface area contributed by atoms with Crippen molar-refractivity contribution in [1.29, 1.82) is 0 Å². The highest BCUT2D eigenvalue weighted by Crippen LogP contribution is 2.37. The Bertz CT molecular complexity index is 2360. The molecular formula is C34H19N5S2. The van der Waals surface area contributed by atoms with Crippen LogP contribution in [0.2, 0.25) is 0 Å². The molecule has 0 aliphatic rings. The third-order valence-electron chi connectivity index (χ3n) is 7.53. The fourth-order valence-corrected chi connectivity index (χ4v) is 7.71. The lowest BCUT2D eigenvalue weighted by atomic mass is 10.1. The van der Waals surface area contributed by atoms with Gasteiger partial charge < -0.3 is 0 Å². The highest BCUT2D eigenvalue weighted by molar-refractivity contribution is 7.25. The smallest absolute Gasteiger partial charge is 0.238 e. The number of fused-ring (bicyclic) bond motifs is 7. The van der Waals surface area contributed by atoms with Crippen LogP contribution in [0.5, 0.6) is 0 Å². The average molecular weight is 562 g/mol. The van der Waals surface area contributed by atoms with Gasteiger partial charge in [0.1, 0.15) is 0 Å². The van der Waals surface area contributed by atoms with E-state index < -0.39 is 0 Å². The van der Waals surface area contributed by atoms with Gasteiger partial charge in [0.2, 0.25) is 5.95 Å². The number of nitrogens with zero attached hydrogens (tertiary/aromatic N) is 5. The first-order valence-electron chi connectivity index (χ1n) is 13.3. The summed E-state index contributed by atoms with van der Waals surface area (Å²) in [6.07, 6.45) is 0. The number of thiazole rings is 1. The van der Waals surface area contributed by atoms with E-state index in [1.54, 1.807) is 22.7 Å². The molecule has 5 nitrogen and oxygen atoms in total. The zero-order valence-electron chi connectivity index (χ0n) is 21.5. The van der Waals surface area contributed by atoms with Crippen LogP contribution in [0.4, 0.5) is 0 Å². The van der Waals surface area contributed by atoms with Gasteiger partial charge in [0.25, 0.3) is 0 Å². The van der Waals surface area contributed by atoms with Crippen molar-refractivity contribution in [2.75, 3.05) is 0 Å². The van der Waals surface area contributed by atoms with Gasteiger partial charge in [-0.3, -0.25) is 4.57 Å². The van der Waals surface area contributed by atoms with Gasteiger partial charge >= 0.3 is 0 Å². The van der Waals surface area contributed by atoms with Crippen LogP contribution in [-0.2, 0) is 0 Å². The minimum Gasteiger partial charge on any atom is -0.278 e. The van der Waals surface area contributed by atoms with Crippen molar-refractivity contribution in [1.82, 2.24) is 24.5 Å². The Morgan fingerprint density at radius 3 is 1.88 bits per heavy atom. The number of thiophene rings is 1. The average Bonchev–Trinajstić information content (AvgIpc) is 3.72. The SMILES string of the molecule is c1ccc2sc(-c3nc(-c4ccc5c(c4)sc4ccccc45)nc(-n4c5ccccc5c5ccccc54)n3)nc2c1. The van der Waals surface area contributed by atoms with E-state index in [9.17, 15) is 0 Å². The highest BCUT2D eigenvalue weighted by atomic mass is 32.1. The van der Waals surface area contributed by atoms with Crippen LogP contribution < -0.4 is 0 Å². The Labute approximate surface area is 242 Å². The maximum absolute atomic E-state index is 5.11. The number of hydrogen-bond donors (Lipinski definition) is 0. The topological polar surface area (TPSA) is 56.5 Å². The standard InChI is InChI=1S/C34H19N5S2/c1-5-13-26-21(9-1)22-10-2-6-14-27(22)39(26)34-37-31(36-32(38-34)33-35-25-12-4-8-16-29(25)41-33)20-17-18-24-23-11-3-7-15-28(23)40-30(24)19-20/h1-19H. The molecule has 0 N–H and O–H groups in total. The molecule has 0 atom stereocenters. The van der Waals surface area contributed by atoms with Crippen LogP contribution in [-0.4, -0.2) is 24.5 Å². The number of para-hydroxylation sites is 3. The molecule has 7 heteroatoms.